The summed E-state index contributed by atoms with van der Waals surface area (Å²) in [4.78, 5) is 29.8. The average molecular weight is 678 g/mol. The van der Waals surface area contributed by atoms with Crippen LogP contribution in [0.4, 0.5) is 30.7 Å². The predicted octanol–water partition coefficient (Wildman–Crippen LogP) is 5.91. The summed E-state index contributed by atoms with van der Waals surface area (Å²) in [7, 11) is 0. The van der Waals surface area contributed by atoms with Gasteiger partial charge in [0.1, 0.15) is 46.5 Å². The Kier molecular flexibility index (Phi) is 7.95. The molecule has 0 bridgehead atoms. The van der Waals surface area contributed by atoms with Crippen LogP contribution in [0, 0.1) is 12.7 Å². The monoisotopic (exact) mass is 677 g/mol. The Morgan fingerprint density at radius 3 is 2.46 bits per heavy atom. The summed E-state index contributed by atoms with van der Waals surface area (Å²) in [5.74, 6) is -6.02. The number of ether oxygens (including phenoxy) is 2. The Balaban J connectivity index is 1.40. The van der Waals surface area contributed by atoms with Crippen molar-refractivity contribution in [3.05, 3.63) is 76.4 Å². The molecule has 2 aliphatic rings. The maximum absolute atomic E-state index is 14.7. The first kappa shape index (κ1) is 32.9. The molecule has 252 valence electrons. The van der Waals surface area contributed by atoms with Crippen molar-refractivity contribution in [2.24, 2.45) is 5.73 Å². The van der Waals surface area contributed by atoms with Gasteiger partial charge in [0, 0.05) is 28.6 Å². The number of nitrogens with zero attached hydrogens (tertiary/aromatic N) is 3. The third-order valence-corrected chi connectivity index (χ3v) is 8.26. The Hall–Kier alpha value is -5.02. The van der Waals surface area contributed by atoms with Gasteiger partial charge in [-0.15, -0.1) is 5.10 Å². The second kappa shape index (κ2) is 11.6. The Morgan fingerprint density at radius 1 is 1.08 bits per heavy atom. The number of pyridine rings is 1. The van der Waals surface area contributed by atoms with Crippen molar-refractivity contribution in [1.29, 1.82) is 0 Å². The fourth-order valence-corrected chi connectivity index (χ4v) is 5.37. The van der Waals surface area contributed by atoms with E-state index in [1.165, 1.54) is 19.1 Å². The highest BCUT2D eigenvalue weighted by molar-refractivity contribution is 6.00. The normalized spacial score (nSPS) is 18.3. The lowest BCUT2D eigenvalue weighted by Crippen LogP contribution is -2.40. The fourth-order valence-electron chi connectivity index (χ4n) is 5.37. The number of aromatic nitrogens is 3. The van der Waals surface area contributed by atoms with Gasteiger partial charge in [0.05, 0.1) is 23.1 Å². The molecule has 1 aliphatic carbocycles. The molecule has 1 fully saturated rings. The zero-order valence-corrected chi connectivity index (χ0v) is 25.2. The maximum atomic E-state index is 14.7. The SMILES string of the molecule is Cc1cc2cc(C(=O)NCC(c3cc4c(c(-c5ccc(F)c(C(F)(F)F)c5)n3)OC[C@]4(C)C(N)=O)C(F)(F)F)cc(OC3CC3)c2nn1. The molecule has 0 radical (unpaired) electrons. The summed E-state index contributed by atoms with van der Waals surface area (Å²) in [6, 6.07) is 7.17. The van der Waals surface area contributed by atoms with E-state index in [9.17, 15) is 40.3 Å². The van der Waals surface area contributed by atoms with E-state index in [1.54, 1.807) is 13.0 Å². The number of benzene rings is 2. The first-order valence-corrected chi connectivity index (χ1v) is 14.6. The lowest BCUT2D eigenvalue weighted by atomic mass is 9.82. The minimum atomic E-state index is -5.14. The molecule has 48 heavy (non-hydrogen) atoms. The summed E-state index contributed by atoms with van der Waals surface area (Å²) in [5, 5.41) is 10.9. The summed E-state index contributed by atoms with van der Waals surface area (Å²) < 4.78 is 110. The smallest absolute Gasteiger partial charge is 0.419 e. The number of hydrogen-bond acceptors (Lipinski definition) is 7. The molecular weight excluding hydrogens is 651 g/mol. The van der Waals surface area contributed by atoms with E-state index in [4.69, 9.17) is 15.2 Å². The van der Waals surface area contributed by atoms with Crippen LogP contribution in [0.3, 0.4) is 0 Å². The van der Waals surface area contributed by atoms with Crippen LogP contribution >= 0.6 is 0 Å². The average Bonchev–Trinajstić information content (AvgIpc) is 3.75. The van der Waals surface area contributed by atoms with Crippen molar-refractivity contribution in [2.45, 2.75) is 56.5 Å². The lowest BCUT2D eigenvalue weighted by Gasteiger charge is -2.24. The number of nitrogens with one attached hydrogen (secondary N) is 1. The van der Waals surface area contributed by atoms with Gasteiger partial charge < -0.3 is 20.5 Å². The molecule has 1 aliphatic heterocycles. The number of amides is 2. The van der Waals surface area contributed by atoms with Crippen molar-refractivity contribution in [2.75, 3.05) is 13.2 Å². The van der Waals surface area contributed by atoms with Gasteiger partial charge in [-0.2, -0.15) is 31.4 Å². The molecule has 1 unspecified atom stereocenters. The Bertz CT molecular complexity index is 1960. The van der Waals surface area contributed by atoms with Crippen molar-refractivity contribution in [3.8, 4) is 22.8 Å². The van der Waals surface area contributed by atoms with Gasteiger partial charge in [-0.1, -0.05) is 0 Å². The van der Waals surface area contributed by atoms with E-state index in [0.29, 0.717) is 28.7 Å². The van der Waals surface area contributed by atoms with Gasteiger partial charge in [-0.25, -0.2) is 9.37 Å². The van der Waals surface area contributed by atoms with Gasteiger partial charge in [0.25, 0.3) is 5.91 Å². The molecule has 16 heteroatoms. The quantitative estimate of drug-likeness (QED) is 0.222. The first-order chi connectivity index (χ1) is 22.5. The van der Waals surface area contributed by atoms with Gasteiger partial charge in [-0.05, 0) is 69.2 Å². The standard InChI is InChI=1S/C32H26F7N5O4/c1-14-7-16-8-17(10-24(25(16)44-43-14)48-18-4-5-18)28(45)41-12-21(32(37,38)39)23-11-20-27(47-13-30(20,2)29(40)46)26(42-23)15-3-6-22(33)19(9-15)31(34,35)36/h3,6-11,18,21H,4-5,12-13H2,1-2H3,(H2,40,46)(H,41,45)/t21?,30-/m0/s1. The van der Waals surface area contributed by atoms with Gasteiger partial charge in [-0.3, -0.25) is 9.59 Å². The molecule has 1 saturated carbocycles. The molecule has 2 atom stereocenters. The number of fused-ring (bicyclic) bond motifs is 2. The van der Waals surface area contributed by atoms with E-state index in [0.717, 1.165) is 25.0 Å². The number of hydrogen-bond donors (Lipinski definition) is 2. The summed E-state index contributed by atoms with van der Waals surface area (Å²) in [6.45, 7) is 1.49. The van der Waals surface area contributed by atoms with Gasteiger partial charge in [0.15, 0.2) is 0 Å². The number of alkyl halides is 6. The zero-order valence-electron chi connectivity index (χ0n) is 25.2. The number of nitrogens with two attached hydrogens (primary N) is 1. The number of carbonyl (C=O) groups excluding carboxylic acids is 2. The molecule has 3 N–H and O–H groups in total. The number of rotatable bonds is 8. The third-order valence-electron chi connectivity index (χ3n) is 8.26. The number of halogens is 7. The van der Waals surface area contributed by atoms with Gasteiger partial charge >= 0.3 is 12.4 Å². The van der Waals surface area contributed by atoms with Crippen molar-refractivity contribution >= 4 is 22.7 Å². The molecule has 0 saturated heterocycles. The molecule has 6 rings (SSSR count). The molecule has 9 nitrogen and oxygen atoms in total. The molecule has 2 amide bonds. The Morgan fingerprint density at radius 2 is 1.81 bits per heavy atom. The molecule has 0 spiro atoms. The lowest BCUT2D eigenvalue weighted by molar-refractivity contribution is -0.149. The van der Waals surface area contributed by atoms with E-state index < -0.39 is 77.0 Å². The molecule has 2 aromatic heterocycles. The van der Waals surface area contributed by atoms with Gasteiger partial charge in [0.2, 0.25) is 5.91 Å². The topological polar surface area (TPSA) is 129 Å². The number of aryl methyl sites for hydroxylation is 1. The Labute approximate surface area is 267 Å². The van der Waals surface area contributed by atoms with Crippen molar-refractivity contribution in [3.63, 3.8) is 0 Å². The highest BCUT2D eigenvalue weighted by atomic mass is 19.4. The van der Waals surface area contributed by atoms with E-state index in [-0.39, 0.29) is 28.7 Å². The second-order valence-corrected chi connectivity index (χ2v) is 12.0. The second-order valence-electron chi connectivity index (χ2n) is 12.0. The van der Waals surface area contributed by atoms with Crippen LogP contribution in [0.15, 0.2) is 42.5 Å². The first-order valence-electron chi connectivity index (χ1n) is 14.6. The van der Waals surface area contributed by atoms with Crippen LogP contribution in [-0.2, 0) is 16.4 Å². The highest BCUT2D eigenvalue weighted by Gasteiger charge is 2.47. The highest BCUT2D eigenvalue weighted by Crippen LogP contribution is 2.47. The largest absolute Gasteiger partial charge is 0.489 e. The number of primary amides is 1. The van der Waals surface area contributed by atoms with Crippen LogP contribution in [0.1, 0.15) is 58.6 Å². The van der Waals surface area contributed by atoms with Crippen LogP contribution in [0.2, 0.25) is 0 Å². The minimum Gasteiger partial charge on any atom is -0.489 e. The predicted molar refractivity (Wildman–Crippen MR) is 156 cm³/mol. The van der Waals surface area contributed by atoms with E-state index >= 15 is 0 Å². The minimum absolute atomic E-state index is 0.0187. The summed E-state index contributed by atoms with van der Waals surface area (Å²) in [6.07, 6.45) is -8.71. The van der Waals surface area contributed by atoms with Crippen LogP contribution in [0.5, 0.6) is 11.5 Å². The fraction of sp³-hybridized carbons (Fsp3) is 0.344. The molecule has 4 aromatic rings. The van der Waals surface area contributed by atoms with Crippen molar-refractivity contribution in [1.82, 2.24) is 20.5 Å². The molecule has 2 aromatic carbocycles. The third kappa shape index (κ3) is 6.18. The summed E-state index contributed by atoms with van der Waals surface area (Å²) in [5.41, 5.74) is 1.29. The zero-order chi connectivity index (χ0) is 34.8. The van der Waals surface area contributed by atoms with Crippen LogP contribution in [0.25, 0.3) is 22.2 Å². The molecular formula is C32H26F7N5O4. The van der Waals surface area contributed by atoms with Crippen LogP contribution < -0.4 is 20.5 Å². The van der Waals surface area contributed by atoms with E-state index in [2.05, 4.69) is 20.5 Å². The summed E-state index contributed by atoms with van der Waals surface area (Å²) >= 11 is 0. The number of carbonyl (C=O) groups is 2. The van der Waals surface area contributed by atoms with E-state index in [1.807, 2.05) is 0 Å². The van der Waals surface area contributed by atoms with Crippen LogP contribution in [-0.4, -0.2) is 52.4 Å². The maximum Gasteiger partial charge on any atom is 0.419 e. The van der Waals surface area contributed by atoms with Crippen molar-refractivity contribution < 1.29 is 49.8 Å². The molecule has 3 heterocycles.